The molecule has 0 saturated carbocycles. The second-order valence-corrected chi connectivity index (χ2v) is 5.94. The van der Waals surface area contributed by atoms with Crippen molar-refractivity contribution in [2.45, 2.75) is 26.8 Å². The number of halogens is 1. The van der Waals surface area contributed by atoms with E-state index in [1.54, 1.807) is 44.2 Å². The van der Waals surface area contributed by atoms with E-state index in [0.717, 1.165) is 5.56 Å². The molecule has 2 aromatic rings. The molecule has 0 heterocycles. The van der Waals surface area contributed by atoms with Crippen molar-refractivity contribution in [1.29, 1.82) is 0 Å². The number of carbonyl (C=O) groups excluding carboxylic acids is 2. The van der Waals surface area contributed by atoms with Gasteiger partial charge in [-0.15, -0.1) is 12.4 Å². The first-order valence-corrected chi connectivity index (χ1v) is 7.92. The van der Waals surface area contributed by atoms with Gasteiger partial charge in [0.1, 0.15) is 0 Å². The lowest BCUT2D eigenvalue weighted by Crippen LogP contribution is -2.34. The molecule has 2 unspecified atom stereocenters. The van der Waals surface area contributed by atoms with Gasteiger partial charge in [0.15, 0.2) is 0 Å². The van der Waals surface area contributed by atoms with Crippen LogP contribution in [0.3, 0.4) is 0 Å². The van der Waals surface area contributed by atoms with Crippen molar-refractivity contribution in [3.63, 3.8) is 0 Å². The summed E-state index contributed by atoms with van der Waals surface area (Å²) in [6.45, 7) is 5.44. The van der Waals surface area contributed by atoms with E-state index in [4.69, 9.17) is 5.73 Å². The number of hydrogen-bond acceptors (Lipinski definition) is 3. The zero-order chi connectivity index (χ0) is 17.7. The number of nitrogens with two attached hydrogens (primary N) is 1. The molecule has 0 aromatic heterocycles. The smallest absolute Gasteiger partial charge is 0.255 e. The number of amides is 2. The highest BCUT2D eigenvalue weighted by Crippen LogP contribution is 2.24. The van der Waals surface area contributed by atoms with Gasteiger partial charge in [0.05, 0.1) is 5.92 Å². The van der Waals surface area contributed by atoms with Crippen molar-refractivity contribution >= 4 is 35.6 Å². The average Bonchev–Trinajstić information content (AvgIpc) is 2.58. The Hall–Kier alpha value is -2.37. The highest BCUT2D eigenvalue weighted by molar-refractivity contribution is 6.05. The first-order chi connectivity index (χ1) is 11.4. The second-order valence-electron chi connectivity index (χ2n) is 5.94. The summed E-state index contributed by atoms with van der Waals surface area (Å²) < 4.78 is 0. The maximum atomic E-state index is 12.3. The monoisotopic (exact) mass is 361 g/mol. The zero-order valence-electron chi connectivity index (χ0n) is 14.6. The third-order valence-corrected chi connectivity index (χ3v) is 4.08. The average molecular weight is 362 g/mol. The maximum Gasteiger partial charge on any atom is 0.255 e. The number of nitrogens with one attached hydrogen (secondary N) is 2. The first-order valence-electron chi connectivity index (χ1n) is 7.92. The molecule has 0 fully saturated rings. The van der Waals surface area contributed by atoms with Crippen LogP contribution in [0.1, 0.15) is 29.8 Å². The van der Waals surface area contributed by atoms with Crippen LogP contribution in [0.5, 0.6) is 0 Å². The van der Waals surface area contributed by atoms with Crippen LogP contribution in [-0.4, -0.2) is 17.9 Å². The van der Waals surface area contributed by atoms with E-state index < -0.39 is 0 Å². The van der Waals surface area contributed by atoms with Gasteiger partial charge in [0.25, 0.3) is 5.91 Å². The minimum atomic E-state index is -0.299. The van der Waals surface area contributed by atoms with Crippen LogP contribution in [0.2, 0.25) is 0 Å². The molecule has 0 radical (unpaired) electrons. The largest absolute Gasteiger partial charge is 0.327 e. The Morgan fingerprint density at radius 3 is 2.04 bits per heavy atom. The van der Waals surface area contributed by atoms with Crippen LogP contribution < -0.4 is 16.4 Å². The molecule has 2 rings (SSSR count). The van der Waals surface area contributed by atoms with Crippen LogP contribution in [0.25, 0.3) is 0 Å². The number of benzene rings is 2. The summed E-state index contributed by atoms with van der Waals surface area (Å²) in [6, 6.07) is 14.2. The van der Waals surface area contributed by atoms with Gasteiger partial charge in [-0.25, -0.2) is 0 Å². The van der Waals surface area contributed by atoms with E-state index in [1.807, 2.05) is 25.1 Å². The van der Waals surface area contributed by atoms with Crippen molar-refractivity contribution < 1.29 is 9.59 Å². The second kappa shape index (κ2) is 9.20. The maximum absolute atomic E-state index is 12.3. The van der Waals surface area contributed by atoms with Crippen LogP contribution in [0.15, 0.2) is 48.5 Å². The van der Waals surface area contributed by atoms with Crippen LogP contribution >= 0.6 is 12.4 Å². The van der Waals surface area contributed by atoms with Crippen molar-refractivity contribution in [2.24, 2.45) is 11.7 Å². The highest BCUT2D eigenvalue weighted by atomic mass is 35.5. The number of anilines is 2. The van der Waals surface area contributed by atoms with Gasteiger partial charge >= 0.3 is 0 Å². The molecule has 6 heteroatoms. The molecule has 5 nitrogen and oxygen atoms in total. The predicted octanol–water partition coefficient (Wildman–Crippen LogP) is 3.59. The summed E-state index contributed by atoms with van der Waals surface area (Å²) in [5.41, 5.74) is 8.48. The fraction of sp³-hybridized carbons (Fsp3) is 0.263. The van der Waals surface area contributed by atoms with E-state index in [0.29, 0.717) is 16.9 Å². The van der Waals surface area contributed by atoms with E-state index >= 15 is 0 Å². The van der Waals surface area contributed by atoms with E-state index in [2.05, 4.69) is 10.6 Å². The third-order valence-electron chi connectivity index (χ3n) is 4.08. The lowest BCUT2D eigenvalue weighted by molar-refractivity contribution is -0.119. The molecule has 0 aliphatic heterocycles. The van der Waals surface area contributed by atoms with Crippen molar-refractivity contribution in [1.82, 2.24) is 0 Å². The summed E-state index contributed by atoms with van der Waals surface area (Å²) in [6.07, 6.45) is 0. The minimum absolute atomic E-state index is 0. The van der Waals surface area contributed by atoms with Gasteiger partial charge < -0.3 is 16.4 Å². The zero-order valence-corrected chi connectivity index (χ0v) is 15.4. The predicted molar refractivity (Wildman–Crippen MR) is 104 cm³/mol. The lowest BCUT2D eigenvalue weighted by atomic mass is 10.0. The quantitative estimate of drug-likeness (QED) is 0.760. The van der Waals surface area contributed by atoms with Gasteiger partial charge in [0, 0.05) is 23.0 Å². The molecule has 25 heavy (non-hydrogen) atoms. The van der Waals surface area contributed by atoms with Crippen molar-refractivity contribution in [3.8, 4) is 0 Å². The molecule has 0 aliphatic carbocycles. The minimum Gasteiger partial charge on any atom is -0.327 e. The standard InChI is InChI=1S/C19H23N3O2.ClH/c1-12(14(3)20)18(23)21-16-10-7-11-17(13(16)2)22-19(24)15-8-5-4-6-9-15;/h4-12,14H,20H2,1-3H3,(H,21,23)(H,22,24);1H. The van der Waals surface area contributed by atoms with Crippen molar-refractivity contribution in [2.75, 3.05) is 10.6 Å². The van der Waals surface area contributed by atoms with Crippen LogP contribution in [0.4, 0.5) is 11.4 Å². The van der Waals surface area contributed by atoms with Crippen molar-refractivity contribution in [3.05, 3.63) is 59.7 Å². The SMILES string of the molecule is Cc1c(NC(=O)c2ccccc2)cccc1NC(=O)C(C)C(C)N.Cl. The molecular weight excluding hydrogens is 338 g/mol. The summed E-state index contributed by atoms with van der Waals surface area (Å²) in [5.74, 6) is -0.627. The Balaban J connectivity index is 0.00000312. The summed E-state index contributed by atoms with van der Waals surface area (Å²) in [4.78, 5) is 24.5. The van der Waals surface area contributed by atoms with E-state index in [-0.39, 0.29) is 36.2 Å². The molecule has 134 valence electrons. The van der Waals surface area contributed by atoms with E-state index in [9.17, 15) is 9.59 Å². The molecule has 0 bridgehead atoms. The third kappa shape index (κ3) is 5.31. The molecule has 2 aromatic carbocycles. The van der Waals surface area contributed by atoms with E-state index in [1.165, 1.54) is 0 Å². The normalized spacial score (nSPS) is 12.5. The topological polar surface area (TPSA) is 84.2 Å². The Labute approximate surface area is 154 Å². The molecule has 0 saturated heterocycles. The van der Waals surface area contributed by atoms with Gasteiger partial charge in [-0.2, -0.15) is 0 Å². The Bertz CT molecular complexity index is 733. The summed E-state index contributed by atoms with van der Waals surface area (Å²) in [7, 11) is 0. The summed E-state index contributed by atoms with van der Waals surface area (Å²) >= 11 is 0. The molecule has 2 amide bonds. The number of hydrogen-bond donors (Lipinski definition) is 3. The molecule has 0 spiro atoms. The van der Waals surface area contributed by atoms with Gasteiger partial charge in [-0.3, -0.25) is 9.59 Å². The molecule has 0 aliphatic rings. The van der Waals surface area contributed by atoms with Gasteiger partial charge in [-0.05, 0) is 43.7 Å². The Kier molecular flexibility index (Phi) is 7.61. The lowest BCUT2D eigenvalue weighted by Gasteiger charge is -2.18. The fourth-order valence-corrected chi connectivity index (χ4v) is 2.18. The Morgan fingerprint density at radius 2 is 1.48 bits per heavy atom. The first kappa shape index (κ1) is 20.7. The Morgan fingerprint density at radius 1 is 0.920 bits per heavy atom. The molecular formula is C19H24ClN3O2. The van der Waals surface area contributed by atoms with Gasteiger partial charge in [0.2, 0.25) is 5.91 Å². The fourth-order valence-electron chi connectivity index (χ4n) is 2.18. The number of rotatable bonds is 5. The summed E-state index contributed by atoms with van der Waals surface area (Å²) in [5, 5.41) is 5.75. The number of carbonyl (C=O) groups is 2. The molecule has 2 atom stereocenters. The van der Waals surface area contributed by atoms with Crippen LogP contribution in [0, 0.1) is 12.8 Å². The van der Waals surface area contributed by atoms with Crippen LogP contribution in [-0.2, 0) is 4.79 Å². The molecule has 4 N–H and O–H groups in total. The van der Waals surface area contributed by atoms with Gasteiger partial charge in [-0.1, -0.05) is 31.2 Å². The highest BCUT2D eigenvalue weighted by Gasteiger charge is 2.18.